The smallest absolute Gasteiger partial charge is 0.394 e. The van der Waals surface area contributed by atoms with Crippen LogP contribution in [0.4, 0.5) is 0 Å². The van der Waals surface area contributed by atoms with Crippen molar-refractivity contribution in [3.05, 3.63) is 0 Å². The molecular formula is C4H14O7P+. The monoisotopic (exact) mass is 205 g/mol. The normalized spacial score (nSPS) is 7.17. The molecule has 0 saturated heterocycles. The van der Waals surface area contributed by atoms with Crippen molar-refractivity contribution in [3.63, 3.8) is 0 Å². The number of aliphatic hydroxyl groups is 4. The van der Waals surface area contributed by atoms with E-state index >= 15 is 0 Å². The first kappa shape index (κ1) is 17.8. The minimum atomic E-state index is -2.87. The van der Waals surface area contributed by atoms with E-state index in [4.69, 9.17) is 34.8 Å². The standard InChI is InChI=1S/2C2H6O2.HO3P/c2*3-1-2-4;1-4(2)3/h2*3-4H,1-2H2;(H-,1,2,3)/p+1. The van der Waals surface area contributed by atoms with E-state index in [9.17, 15) is 0 Å². The van der Waals surface area contributed by atoms with Gasteiger partial charge in [-0.25, -0.2) is 0 Å². The maximum Gasteiger partial charge on any atom is 0.692 e. The van der Waals surface area contributed by atoms with E-state index in [0.717, 1.165) is 0 Å². The molecule has 7 nitrogen and oxygen atoms in total. The molecule has 0 aliphatic rings. The summed E-state index contributed by atoms with van der Waals surface area (Å²) in [5, 5.41) is 30.5. The summed E-state index contributed by atoms with van der Waals surface area (Å²) in [5.41, 5.74) is 0. The Kier molecular flexibility index (Phi) is 33.3. The van der Waals surface area contributed by atoms with E-state index in [2.05, 4.69) is 0 Å². The van der Waals surface area contributed by atoms with Gasteiger partial charge >= 0.3 is 8.25 Å². The van der Waals surface area contributed by atoms with Gasteiger partial charge in [0.2, 0.25) is 0 Å². The fraction of sp³-hybridized carbons (Fsp3) is 1.00. The third kappa shape index (κ3) is 224. The Morgan fingerprint density at radius 1 is 0.750 bits per heavy atom. The van der Waals surface area contributed by atoms with Crippen LogP contribution < -0.4 is 0 Å². The first-order valence-corrected chi connectivity index (χ1v) is 4.01. The zero-order chi connectivity index (χ0) is 10.4. The second kappa shape index (κ2) is 22.4. The van der Waals surface area contributed by atoms with Gasteiger partial charge in [0.05, 0.1) is 26.4 Å². The summed E-state index contributed by atoms with van der Waals surface area (Å²) in [7, 11) is -2.87. The SMILES string of the molecule is O=[P+](O)O.OCCO.OCCO. The highest BCUT2D eigenvalue weighted by Gasteiger charge is 1.93. The molecule has 0 aromatic heterocycles. The summed E-state index contributed by atoms with van der Waals surface area (Å²) < 4.78 is 8.70. The van der Waals surface area contributed by atoms with Gasteiger partial charge in [-0.15, -0.1) is 9.79 Å². The Balaban J connectivity index is -0.000000101. The summed E-state index contributed by atoms with van der Waals surface area (Å²) in [4.78, 5) is 14.2. The lowest BCUT2D eigenvalue weighted by Crippen LogP contribution is -1.85. The minimum Gasteiger partial charge on any atom is -0.394 e. The Labute approximate surface area is 70.5 Å². The summed E-state index contributed by atoms with van der Waals surface area (Å²) in [6.07, 6.45) is 0. The van der Waals surface area contributed by atoms with Crippen LogP contribution in [0.2, 0.25) is 0 Å². The van der Waals surface area contributed by atoms with Gasteiger partial charge in [0.15, 0.2) is 0 Å². The van der Waals surface area contributed by atoms with E-state index in [1.165, 1.54) is 0 Å². The largest absolute Gasteiger partial charge is 0.692 e. The lowest BCUT2D eigenvalue weighted by molar-refractivity contribution is 0.186. The molecule has 0 heterocycles. The van der Waals surface area contributed by atoms with E-state index in [0.29, 0.717) is 0 Å². The van der Waals surface area contributed by atoms with Crippen molar-refractivity contribution in [3.8, 4) is 0 Å². The van der Waals surface area contributed by atoms with Crippen molar-refractivity contribution in [2.75, 3.05) is 26.4 Å². The topological polar surface area (TPSA) is 138 Å². The molecule has 0 aliphatic carbocycles. The van der Waals surface area contributed by atoms with Crippen LogP contribution in [-0.4, -0.2) is 56.6 Å². The van der Waals surface area contributed by atoms with E-state index in [1.807, 2.05) is 0 Å². The molecule has 12 heavy (non-hydrogen) atoms. The average Bonchev–Trinajstić information content (AvgIpc) is 2.03. The van der Waals surface area contributed by atoms with Gasteiger partial charge in [-0.3, -0.25) is 0 Å². The molecule has 0 atom stereocenters. The van der Waals surface area contributed by atoms with Gasteiger partial charge in [0.1, 0.15) is 0 Å². The molecule has 0 aromatic rings. The van der Waals surface area contributed by atoms with Gasteiger partial charge in [0.25, 0.3) is 0 Å². The zero-order valence-electron chi connectivity index (χ0n) is 6.37. The highest BCUT2D eigenvalue weighted by molar-refractivity contribution is 7.30. The highest BCUT2D eigenvalue weighted by Crippen LogP contribution is 1.98. The molecule has 0 bridgehead atoms. The predicted octanol–water partition coefficient (Wildman–Crippen LogP) is -2.43. The Bertz CT molecular complexity index is 65.8. The molecule has 76 valence electrons. The summed E-state index contributed by atoms with van der Waals surface area (Å²) in [5.74, 6) is 0. The molecule has 0 fully saturated rings. The van der Waals surface area contributed by atoms with Crippen molar-refractivity contribution in [1.82, 2.24) is 0 Å². The molecule has 0 aromatic carbocycles. The van der Waals surface area contributed by atoms with E-state index in [1.54, 1.807) is 0 Å². The average molecular weight is 205 g/mol. The molecule has 0 aliphatic heterocycles. The van der Waals surface area contributed by atoms with E-state index in [-0.39, 0.29) is 26.4 Å². The van der Waals surface area contributed by atoms with Gasteiger partial charge in [-0.1, -0.05) is 0 Å². The third-order valence-corrected chi connectivity index (χ3v) is 0.200. The van der Waals surface area contributed by atoms with Crippen LogP contribution in [0.3, 0.4) is 0 Å². The van der Waals surface area contributed by atoms with Crippen molar-refractivity contribution in [2.45, 2.75) is 0 Å². The van der Waals surface area contributed by atoms with Gasteiger partial charge < -0.3 is 20.4 Å². The van der Waals surface area contributed by atoms with Crippen molar-refractivity contribution in [2.24, 2.45) is 0 Å². The first-order chi connectivity index (χ1) is 5.56. The number of hydrogen-bond acceptors (Lipinski definition) is 5. The fourth-order valence-electron chi connectivity index (χ4n) is 0. The summed E-state index contributed by atoms with van der Waals surface area (Å²) in [6, 6.07) is 0. The molecule has 0 radical (unpaired) electrons. The molecule has 0 amide bonds. The maximum atomic E-state index is 8.70. The lowest BCUT2D eigenvalue weighted by atomic mass is 10.8. The van der Waals surface area contributed by atoms with Gasteiger partial charge in [-0.05, 0) is 0 Å². The fourth-order valence-corrected chi connectivity index (χ4v) is 0. The molecule has 0 rings (SSSR count). The highest BCUT2D eigenvalue weighted by atomic mass is 31.1. The molecule has 0 unspecified atom stereocenters. The molecular weight excluding hydrogens is 191 g/mol. The van der Waals surface area contributed by atoms with E-state index < -0.39 is 8.25 Å². The second-order valence-corrected chi connectivity index (χ2v) is 1.65. The first-order valence-electron chi connectivity index (χ1n) is 2.85. The Hall–Kier alpha value is -0.140. The third-order valence-electron chi connectivity index (χ3n) is 0.200. The number of hydrogen-bond donors (Lipinski definition) is 6. The van der Waals surface area contributed by atoms with Crippen LogP contribution in [-0.2, 0) is 4.57 Å². The maximum absolute atomic E-state index is 8.70. The quantitative estimate of drug-likeness (QED) is 0.275. The summed E-state index contributed by atoms with van der Waals surface area (Å²) >= 11 is 0. The van der Waals surface area contributed by atoms with Crippen LogP contribution in [0.25, 0.3) is 0 Å². The van der Waals surface area contributed by atoms with Crippen molar-refractivity contribution >= 4 is 8.25 Å². The number of aliphatic hydroxyl groups excluding tert-OH is 4. The Morgan fingerprint density at radius 3 is 0.833 bits per heavy atom. The lowest BCUT2D eigenvalue weighted by Gasteiger charge is -1.70. The van der Waals surface area contributed by atoms with Crippen molar-refractivity contribution < 1.29 is 34.8 Å². The van der Waals surface area contributed by atoms with Crippen LogP contribution in [0, 0.1) is 0 Å². The van der Waals surface area contributed by atoms with Gasteiger partial charge in [0, 0.05) is 4.57 Å². The molecule has 0 saturated carbocycles. The minimum absolute atomic E-state index is 0.125. The van der Waals surface area contributed by atoms with Crippen LogP contribution in [0.5, 0.6) is 0 Å². The molecule has 8 heteroatoms. The molecule has 6 N–H and O–H groups in total. The molecule has 0 spiro atoms. The summed E-state index contributed by atoms with van der Waals surface area (Å²) in [6.45, 7) is -0.500. The second-order valence-electron chi connectivity index (χ2n) is 1.15. The van der Waals surface area contributed by atoms with Crippen LogP contribution in [0.1, 0.15) is 0 Å². The Morgan fingerprint density at radius 2 is 0.833 bits per heavy atom. The zero-order valence-corrected chi connectivity index (χ0v) is 7.26. The van der Waals surface area contributed by atoms with Crippen LogP contribution >= 0.6 is 8.25 Å². The number of rotatable bonds is 2. The van der Waals surface area contributed by atoms with Crippen molar-refractivity contribution in [1.29, 1.82) is 0 Å². The van der Waals surface area contributed by atoms with Crippen LogP contribution in [0.15, 0.2) is 0 Å². The van der Waals surface area contributed by atoms with Gasteiger partial charge in [-0.2, -0.15) is 0 Å². The predicted molar refractivity (Wildman–Crippen MR) is 40.4 cm³/mol.